The van der Waals surface area contributed by atoms with Gasteiger partial charge in [-0.1, -0.05) is 13.8 Å². The maximum absolute atomic E-state index is 11.9. The molecule has 0 amide bonds. The van der Waals surface area contributed by atoms with Crippen molar-refractivity contribution >= 4 is 5.97 Å². The molecule has 1 heterocycles. The van der Waals surface area contributed by atoms with Crippen LogP contribution in [0.15, 0.2) is 0 Å². The Labute approximate surface area is 105 Å². The van der Waals surface area contributed by atoms with Gasteiger partial charge in [0.1, 0.15) is 5.54 Å². The van der Waals surface area contributed by atoms with E-state index in [2.05, 4.69) is 17.1 Å². The lowest BCUT2D eigenvalue weighted by molar-refractivity contribution is -0.148. The van der Waals surface area contributed by atoms with Crippen molar-refractivity contribution in [2.45, 2.75) is 39.2 Å². The summed E-state index contributed by atoms with van der Waals surface area (Å²) in [4.78, 5) is 14.2. The van der Waals surface area contributed by atoms with Gasteiger partial charge < -0.3 is 15.0 Å². The molecule has 17 heavy (non-hydrogen) atoms. The summed E-state index contributed by atoms with van der Waals surface area (Å²) in [6.45, 7) is 9.91. The van der Waals surface area contributed by atoms with E-state index in [4.69, 9.17) is 4.74 Å². The van der Waals surface area contributed by atoms with Crippen LogP contribution in [0.4, 0.5) is 0 Å². The van der Waals surface area contributed by atoms with E-state index in [1.807, 2.05) is 13.8 Å². The standard InChI is InChI=1S/C13H26N2O2/c1-5-14-13(3,12(16)17-4)10-15-8-6-11(2)7-9-15/h11,14H,5-10H2,1-4H3. The number of rotatable bonds is 5. The van der Waals surface area contributed by atoms with Crippen molar-refractivity contribution in [2.24, 2.45) is 5.92 Å². The number of carbonyl (C=O) groups excluding carboxylic acids is 1. The van der Waals surface area contributed by atoms with Crippen LogP contribution in [0.1, 0.15) is 33.6 Å². The fourth-order valence-electron chi connectivity index (χ4n) is 2.48. The van der Waals surface area contributed by atoms with Gasteiger partial charge in [0.05, 0.1) is 7.11 Å². The molecule has 0 aromatic heterocycles. The number of nitrogens with one attached hydrogen (secondary N) is 1. The highest BCUT2D eigenvalue weighted by atomic mass is 16.5. The molecule has 4 nitrogen and oxygen atoms in total. The summed E-state index contributed by atoms with van der Waals surface area (Å²) in [5.74, 6) is 0.646. The monoisotopic (exact) mass is 242 g/mol. The second-order valence-corrected chi connectivity index (χ2v) is 5.31. The Hall–Kier alpha value is -0.610. The predicted molar refractivity (Wildman–Crippen MR) is 68.9 cm³/mol. The van der Waals surface area contributed by atoms with Crippen molar-refractivity contribution < 1.29 is 9.53 Å². The van der Waals surface area contributed by atoms with Crippen LogP contribution in [-0.4, -0.2) is 49.7 Å². The third-order valence-electron chi connectivity index (χ3n) is 3.62. The molecule has 0 radical (unpaired) electrons. The number of likely N-dealkylation sites (N-methyl/N-ethyl adjacent to an activating group) is 1. The topological polar surface area (TPSA) is 41.6 Å². The molecule has 0 aromatic rings. The summed E-state index contributed by atoms with van der Waals surface area (Å²) in [6, 6.07) is 0. The zero-order valence-corrected chi connectivity index (χ0v) is 11.6. The van der Waals surface area contributed by atoms with Gasteiger partial charge in [0.15, 0.2) is 0 Å². The van der Waals surface area contributed by atoms with Gasteiger partial charge in [0.25, 0.3) is 0 Å². The summed E-state index contributed by atoms with van der Waals surface area (Å²) in [5, 5.41) is 3.25. The molecule has 0 bridgehead atoms. The van der Waals surface area contributed by atoms with Crippen LogP contribution >= 0.6 is 0 Å². The number of piperidine rings is 1. The number of likely N-dealkylation sites (tertiary alicyclic amines) is 1. The number of carbonyl (C=O) groups is 1. The van der Waals surface area contributed by atoms with E-state index in [1.54, 1.807) is 0 Å². The number of methoxy groups -OCH3 is 1. The first-order chi connectivity index (χ1) is 8.01. The van der Waals surface area contributed by atoms with Crippen molar-refractivity contribution in [3.8, 4) is 0 Å². The van der Waals surface area contributed by atoms with Gasteiger partial charge in [-0.05, 0) is 45.3 Å². The third kappa shape index (κ3) is 3.96. The highest BCUT2D eigenvalue weighted by Crippen LogP contribution is 2.18. The largest absolute Gasteiger partial charge is 0.468 e. The van der Waals surface area contributed by atoms with Crippen LogP contribution in [0.5, 0.6) is 0 Å². The Morgan fingerprint density at radius 2 is 2.06 bits per heavy atom. The van der Waals surface area contributed by atoms with Crippen LogP contribution < -0.4 is 5.32 Å². The van der Waals surface area contributed by atoms with Crippen LogP contribution in [0, 0.1) is 5.92 Å². The Balaban J connectivity index is 2.57. The first kappa shape index (κ1) is 14.5. The highest BCUT2D eigenvalue weighted by Gasteiger charge is 2.36. The van der Waals surface area contributed by atoms with Gasteiger partial charge in [-0.2, -0.15) is 0 Å². The fourth-order valence-corrected chi connectivity index (χ4v) is 2.48. The first-order valence-electron chi connectivity index (χ1n) is 6.57. The normalized spacial score (nSPS) is 22.1. The maximum Gasteiger partial charge on any atom is 0.327 e. The molecule has 1 unspecified atom stereocenters. The molecule has 0 spiro atoms. The van der Waals surface area contributed by atoms with Gasteiger partial charge in [-0.25, -0.2) is 0 Å². The molecular weight excluding hydrogens is 216 g/mol. The molecule has 0 aliphatic carbocycles. The van der Waals surface area contributed by atoms with Gasteiger partial charge in [-0.15, -0.1) is 0 Å². The molecular formula is C13H26N2O2. The lowest BCUT2D eigenvalue weighted by atomic mass is 9.96. The van der Waals surface area contributed by atoms with E-state index in [9.17, 15) is 4.79 Å². The van der Waals surface area contributed by atoms with Crippen molar-refractivity contribution in [3.05, 3.63) is 0 Å². The van der Waals surface area contributed by atoms with E-state index < -0.39 is 5.54 Å². The molecule has 1 rings (SSSR count). The zero-order chi connectivity index (χ0) is 12.9. The highest BCUT2D eigenvalue weighted by molar-refractivity contribution is 5.80. The summed E-state index contributed by atoms with van der Waals surface area (Å²) in [6.07, 6.45) is 2.45. The summed E-state index contributed by atoms with van der Waals surface area (Å²) < 4.78 is 4.90. The predicted octanol–water partition coefficient (Wildman–Crippen LogP) is 1.26. The van der Waals surface area contributed by atoms with Gasteiger partial charge >= 0.3 is 5.97 Å². The van der Waals surface area contributed by atoms with Crippen LogP contribution in [-0.2, 0) is 9.53 Å². The number of hydrogen-bond acceptors (Lipinski definition) is 4. The summed E-state index contributed by atoms with van der Waals surface area (Å²) in [7, 11) is 1.45. The minimum Gasteiger partial charge on any atom is -0.468 e. The van der Waals surface area contributed by atoms with Gasteiger partial charge in [0.2, 0.25) is 0 Å². The number of nitrogens with zero attached hydrogens (tertiary/aromatic N) is 1. The molecule has 4 heteroatoms. The minimum absolute atomic E-state index is 0.169. The zero-order valence-electron chi connectivity index (χ0n) is 11.6. The Bertz CT molecular complexity index is 250. The molecule has 0 saturated carbocycles. The molecule has 1 fully saturated rings. The Morgan fingerprint density at radius 1 is 1.47 bits per heavy atom. The van der Waals surface area contributed by atoms with E-state index in [0.717, 1.165) is 32.1 Å². The van der Waals surface area contributed by atoms with Crippen molar-refractivity contribution in [1.29, 1.82) is 0 Å². The van der Waals surface area contributed by atoms with Gasteiger partial charge in [0, 0.05) is 6.54 Å². The van der Waals surface area contributed by atoms with Gasteiger partial charge in [-0.3, -0.25) is 4.79 Å². The number of ether oxygens (including phenoxy) is 1. The second kappa shape index (κ2) is 6.36. The van der Waals surface area contributed by atoms with E-state index in [-0.39, 0.29) is 5.97 Å². The second-order valence-electron chi connectivity index (χ2n) is 5.31. The lowest BCUT2D eigenvalue weighted by Crippen LogP contribution is -2.58. The molecule has 1 atom stereocenters. The van der Waals surface area contributed by atoms with Crippen molar-refractivity contribution in [1.82, 2.24) is 10.2 Å². The average molecular weight is 242 g/mol. The molecule has 100 valence electrons. The molecule has 1 aliphatic heterocycles. The Morgan fingerprint density at radius 3 is 2.53 bits per heavy atom. The lowest BCUT2D eigenvalue weighted by Gasteiger charge is -2.37. The number of hydrogen-bond donors (Lipinski definition) is 1. The molecule has 1 N–H and O–H groups in total. The number of esters is 1. The van der Waals surface area contributed by atoms with E-state index >= 15 is 0 Å². The maximum atomic E-state index is 11.9. The van der Waals surface area contributed by atoms with Crippen molar-refractivity contribution in [3.63, 3.8) is 0 Å². The van der Waals surface area contributed by atoms with E-state index in [0.29, 0.717) is 0 Å². The minimum atomic E-state index is -0.579. The Kier molecular flexibility index (Phi) is 5.40. The molecule has 0 aromatic carbocycles. The first-order valence-corrected chi connectivity index (χ1v) is 6.57. The average Bonchev–Trinajstić information content (AvgIpc) is 2.31. The SMILES string of the molecule is CCNC(C)(CN1CCC(C)CC1)C(=O)OC. The van der Waals surface area contributed by atoms with E-state index in [1.165, 1.54) is 20.0 Å². The van der Waals surface area contributed by atoms with Crippen molar-refractivity contribution in [2.75, 3.05) is 33.3 Å². The summed E-state index contributed by atoms with van der Waals surface area (Å²) >= 11 is 0. The third-order valence-corrected chi connectivity index (χ3v) is 3.62. The van der Waals surface area contributed by atoms with Crippen LogP contribution in [0.2, 0.25) is 0 Å². The summed E-state index contributed by atoms with van der Waals surface area (Å²) in [5.41, 5.74) is -0.579. The molecule has 1 saturated heterocycles. The smallest absolute Gasteiger partial charge is 0.327 e. The molecule has 1 aliphatic rings. The fraction of sp³-hybridized carbons (Fsp3) is 0.923. The van der Waals surface area contributed by atoms with Crippen LogP contribution in [0.25, 0.3) is 0 Å². The quantitative estimate of drug-likeness (QED) is 0.737. The van der Waals surface area contributed by atoms with Crippen LogP contribution in [0.3, 0.4) is 0 Å².